The molecule has 9 nitrogen and oxygen atoms in total. The van der Waals surface area contributed by atoms with E-state index in [0.29, 0.717) is 49.4 Å². The van der Waals surface area contributed by atoms with Crippen molar-refractivity contribution < 1.29 is 28.5 Å². The summed E-state index contributed by atoms with van der Waals surface area (Å²) < 4.78 is 22.2. The summed E-state index contributed by atoms with van der Waals surface area (Å²) in [5.41, 5.74) is 0.382. The molecule has 2 rings (SSSR count). The number of hydrogen-bond acceptors (Lipinski definition) is 8. The first-order valence-electron chi connectivity index (χ1n) is 11.2. The van der Waals surface area contributed by atoms with E-state index >= 15 is 0 Å². The highest BCUT2D eigenvalue weighted by molar-refractivity contribution is 6.36. The lowest BCUT2D eigenvalue weighted by molar-refractivity contribution is -0.126. The van der Waals surface area contributed by atoms with Gasteiger partial charge in [-0.3, -0.25) is 9.59 Å². The van der Waals surface area contributed by atoms with Gasteiger partial charge in [-0.1, -0.05) is 23.2 Å². The van der Waals surface area contributed by atoms with E-state index < -0.39 is 17.7 Å². The van der Waals surface area contributed by atoms with Crippen molar-refractivity contribution in [1.29, 1.82) is 0 Å². The number of anilines is 1. The van der Waals surface area contributed by atoms with Gasteiger partial charge in [0.1, 0.15) is 27.9 Å². The lowest BCUT2D eigenvalue weighted by atomic mass is 10.2. The van der Waals surface area contributed by atoms with Gasteiger partial charge < -0.3 is 24.3 Å². The number of ketones is 1. The molecule has 0 bridgehead atoms. The van der Waals surface area contributed by atoms with E-state index in [9.17, 15) is 9.59 Å². The Balaban J connectivity index is 2.38. The van der Waals surface area contributed by atoms with Crippen LogP contribution in [-0.4, -0.2) is 44.2 Å². The largest absolute Gasteiger partial charge is 0.492 e. The van der Waals surface area contributed by atoms with E-state index in [1.165, 1.54) is 13.0 Å². The lowest BCUT2D eigenvalue weighted by Crippen LogP contribution is -2.32. The third-order valence-electron chi connectivity index (χ3n) is 4.44. The summed E-state index contributed by atoms with van der Waals surface area (Å²) in [6, 6.07) is 4.87. The number of nitrogens with one attached hydrogen (secondary N) is 1. The highest BCUT2D eigenvalue weighted by atomic mass is 35.5. The Morgan fingerprint density at radius 2 is 1.37 bits per heavy atom. The maximum absolute atomic E-state index is 13.0. The van der Waals surface area contributed by atoms with E-state index in [1.54, 1.807) is 32.0 Å². The average Bonchev–Trinajstić information content (AvgIpc) is 2.81. The Morgan fingerprint density at radius 1 is 0.857 bits per heavy atom. The van der Waals surface area contributed by atoms with Gasteiger partial charge in [-0.2, -0.15) is 10.2 Å². The molecule has 1 N–H and O–H groups in total. The second-order valence-corrected chi connectivity index (χ2v) is 7.74. The minimum absolute atomic E-state index is 0.140. The molecule has 0 saturated heterocycles. The molecule has 35 heavy (non-hydrogen) atoms. The highest BCUT2D eigenvalue weighted by Crippen LogP contribution is 2.40. The van der Waals surface area contributed by atoms with Crippen molar-refractivity contribution in [1.82, 2.24) is 0 Å². The van der Waals surface area contributed by atoms with Crippen molar-refractivity contribution in [2.45, 2.75) is 40.7 Å². The van der Waals surface area contributed by atoms with E-state index in [1.807, 2.05) is 13.8 Å². The molecule has 11 heteroatoms. The van der Waals surface area contributed by atoms with Crippen LogP contribution in [0, 0.1) is 0 Å². The summed E-state index contributed by atoms with van der Waals surface area (Å²) in [5, 5.41) is 11.0. The van der Waals surface area contributed by atoms with Gasteiger partial charge in [-0.25, -0.2) is 0 Å². The molecule has 0 heterocycles. The van der Waals surface area contributed by atoms with Gasteiger partial charge in [0.15, 0.2) is 17.3 Å². The zero-order chi connectivity index (χ0) is 26.0. The summed E-state index contributed by atoms with van der Waals surface area (Å²) in [7, 11) is 0. The van der Waals surface area contributed by atoms with Crippen LogP contribution >= 0.6 is 23.2 Å². The van der Waals surface area contributed by atoms with Gasteiger partial charge in [-0.05, 0) is 46.8 Å². The van der Waals surface area contributed by atoms with Crippen LogP contribution in [0.25, 0.3) is 0 Å². The number of carbonyl (C=O) groups is 2. The maximum Gasteiger partial charge on any atom is 0.258 e. The molecule has 0 aliphatic heterocycles. The lowest BCUT2D eigenvalue weighted by Gasteiger charge is -2.17. The second-order valence-electron chi connectivity index (χ2n) is 6.95. The first-order valence-corrected chi connectivity index (χ1v) is 11.9. The van der Waals surface area contributed by atoms with Crippen molar-refractivity contribution in [2.75, 3.05) is 31.7 Å². The molecule has 1 atom stereocenters. The summed E-state index contributed by atoms with van der Waals surface area (Å²) in [4.78, 5) is 25.3. The number of azo groups is 1. The SMILES string of the molecule is CCOc1cc(Cl)c(N=NC(C(C)=O)C(=O)Nc2c(OCC)ccc(OCC)c2Cl)cc1OCC. The number of ether oxygens (including phenoxy) is 4. The predicted octanol–water partition coefficient (Wildman–Crippen LogP) is 6.27. The number of carbonyl (C=O) groups excluding carboxylic acids is 2. The fraction of sp³-hybridized carbons (Fsp3) is 0.417. The van der Waals surface area contributed by atoms with Crippen molar-refractivity contribution in [3.63, 3.8) is 0 Å². The molecule has 2 aromatic carbocycles. The molecule has 2 aromatic rings. The Bertz CT molecular complexity index is 1080. The standard InChI is InChI=1S/C24H29Cl2N3O6/c1-6-32-17-10-11-18(33-7-2)23(21(17)26)27-24(31)22(14(5)30)29-28-16-13-20(35-9-4)19(34-8-3)12-15(16)25/h10-13,22H,6-9H2,1-5H3,(H,27,31). The number of halogens is 2. The van der Waals surface area contributed by atoms with E-state index in [-0.39, 0.29) is 21.4 Å². The van der Waals surface area contributed by atoms with Gasteiger partial charge >= 0.3 is 0 Å². The topological polar surface area (TPSA) is 108 Å². The minimum Gasteiger partial charge on any atom is -0.492 e. The number of Topliss-reactive ketones (excluding diaryl/α,β-unsaturated/α-hetero) is 1. The minimum atomic E-state index is -1.46. The molecule has 0 saturated carbocycles. The first-order chi connectivity index (χ1) is 16.8. The molecule has 0 radical (unpaired) electrons. The van der Waals surface area contributed by atoms with E-state index in [2.05, 4.69) is 15.5 Å². The van der Waals surface area contributed by atoms with Gasteiger partial charge in [-0.15, -0.1) is 0 Å². The number of hydrogen-bond donors (Lipinski definition) is 1. The normalized spacial score (nSPS) is 11.7. The summed E-state index contributed by atoms with van der Waals surface area (Å²) >= 11 is 12.7. The summed E-state index contributed by atoms with van der Waals surface area (Å²) in [6.07, 6.45) is 0. The molecule has 1 unspecified atom stereocenters. The molecule has 0 fully saturated rings. The number of rotatable bonds is 13. The predicted molar refractivity (Wildman–Crippen MR) is 135 cm³/mol. The van der Waals surface area contributed by atoms with Crippen LogP contribution in [0.2, 0.25) is 10.0 Å². The van der Waals surface area contributed by atoms with Crippen molar-refractivity contribution in [3.05, 3.63) is 34.3 Å². The van der Waals surface area contributed by atoms with Crippen LogP contribution in [0.15, 0.2) is 34.5 Å². The fourth-order valence-corrected chi connectivity index (χ4v) is 3.42. The van der Waals surface area contributed by atoms with Crippen molar-refractivity contribution in [2.24, 2.45) is 10.2 Å². The Kier molecular flexibility index (Phi) is 11.1. The van der Waals surface area contributed by atoms with Crippen molar-refractivity contribution in [3.8, 4) is 23.0 Å². The molecule has 0 spiro atoms. The molecule has 0 aromatic heterocycles. The van der Waals surface area contributed by atoms with Crippen molar-refractivity contribution >= 4 is 46.3 Å². The number of nitrogens with zero attached hydrogens (tertiary/aromatic N) is 2. The second kappa shape index (κ2) is 13.7. The first kappa shape index (κ1) is 28.2. The zero-order valence-electron chi connectivity index (χ0n) is 20.3. The van der Waals surface area contributed by atoms with E-state index in [4.69, 9.17) is 42.1 Å². The molecule has 0 aliphatic rings. The van der Waals surface area contributed by atoms with Gasteiger partial charge in [0, 0.05) is 12.1 Å². The van der Waals surface area contributed by atoms with Gasteiger partial charge in [0.2, 0.25) is 6.04 Å². The molecule has 0 aliphatic carbocycles. The van der Waals surface area contributed by atoms with Crippen LogP contribution in [0.4, 0.5) is 11.4 Å². The average molecular weight is 526 g/mol. The van der Waals surface area contributed by atoms with Crippen LogP contribution in [0.3, 0.4) is 0 Å². The monoisotopic (exact) mass is 525 g/mol. The van der Waals surface area contributed by atoms with Crippen LogP contribution in [-0.2, 0) is 9.59 Å². The molecular weight excluding hydrogens is 497 g/mol. The Labute approximate surface area is 214 Å². The number of benzene rings is 2. The fourth-order valence-electron chi connectivity index (χ4n) is 2.97. The van der Waals surface area contributed by atoms with E-state index in [0.717, 1.165) is 0 Å². The van der Waals surface area contributed by atoms with Crippen LogP contribution < -0.4 is 24.3 Å². The quantitative estimate of drug-likeness (QED) is 0.244. The molecule has 190 valence electrons. The van der Waals surface area contributed by atoms with Gasteiger partial charge in [0.25, 0.3) is 5.91 Å². The van der Waals surface area contributed by atoms with Crippen LogP contribution in [0.1, 0.15) is 34.6 Å². The Morgan fingerprint density at radius 3 is 1.94 bits per heavy atom. The highest BCUT2D eigenvalue weighted by Gasteiger charge is 2.26. The smallest absolute Gasteiger partial charge is 0.258 e. The maximum atomic E-state index is 13.0. The summed E-state index contributed by atoms with van der Waals surface area (Å²) in [5.74, 6) is 0.269. The summed E-state index contributed by atoms with van der Waals surface area (Å²) in [6.45, 7) is 10.0. The third kappa shape index (κ3) is 7.47. The number of amides is 1. The zero-order valence-corrected chi connectivity index (χ0v) is 21.8. The molecular formula is C24H29Cl2N3O6. The Hall–Kier alpha value is -3.04. The third-order valence-corrected chi connectivity index (χ3v) is 5.12. The molecule has 1 amide bonds. The van der Waals surface area contributed by atoms with Gasteiger partial charge in [0.05, 0.1) is 31.5 Å². The van der Waals surface area contributed by atoms with Crippen LogP contribution in [0.5, 0.6) is 23.0 Å².